The van der Waals surface area contributed by atoms with Crippen molar-refractivity contribution < 1.29 is 4.39 Å². The van der Waals surface area contributed by atoms with E-state index in [0.29, 0.717) is 5.56 Å². The lowest BCUT2D eigenvalue weighted by Crippen LogP contribution is -2.61. The molecule has 0 aliphatic carbocycles. The molecule has 0 bridgehead atoms. The van der Waals surface area contributed by atoms with Crippen molar-refractivity contribution in [3.63, 3.8) is 0 Å². The fourth-order valence-electron chi connectivity index (χ4n) is 3.48. The molecule has 0 radical (unpaired) electrons. The highest BCUT2D eigenvalue weighted by Gasteiger charge is 2.40. The van der Waals surface area contributed by atoms with Crippen LogP contribution in [-0.4, -0.2) is 36.1 Å². The van der Waals surface area contributed by atoms with Crippen LogP contribution in [0.15, 0.2) is 52.9 Å². The first-order valence-electron chi connectivity index (χ1n) is 8.24. The van der Waals surface area contributed by atoms with E-state index in [1.807, 2.05) is 42.5 Å². The summed E-state index contributed by atoms with van der Waals surface area (Å²) in [6.07, 6.45) is 0. The van der Waals surface area contributed by atoms with E-state index in [0.717, 1.165) is 42.3 Å². The molecule has 2 heterocycles. The minimum atomic E-state index is -0.443. The van der Waals surface area contributed by atoms with Gasteiger partial charge in [0.2, 0.25) is 0 Å². The summed E-state index contributed by atoms with van der Waals surface area (Å²) in [4.78, 5) is 2.32. The number of amidine groups is 1. The summed E-state index contributed by atoms with van der Waals surface area (Å²) in [6.45, 7) is 4.94. The van der Waals surface area contributed by atoms with E-state index in [4.69, 9.17) is 0 Å². The third kappa shape index (κ3) is 2.62. The van der Waals surface area contributed by atoms with E-state index in [9.17, 15) is 4.39 Å². The van der Waals surface area contributed by atoms with Crippen molar-refractivity contribution in [1.29, 1.82) is 0 Å². The van der Waals surface area contributed by atoms with E-state index < -0.39 is 5.54 Å². The zero-order valence-electron chi connectivity index (χ0n) is 13.6. The summed E-state index contributed by atoms with van der Waals surface area (Å²) < 4.78 is 19.5. The highest BCUT2D eigenvalue weighted by molar-refractivity contribution is 7.98. The number of halogens is 1. The summed E-state index contributed by atoms with van der Waals surface area (Å²) in [5, 5.41) is 3.54. The predicted octanol–water partition coefficient (Wildman–Crippen LogP) is 3.67. The Morgan fingerprint density at radius 3 is 2.79 bits per heavy atom. The van der Waals surface area contributed by atoms with Crippen LogP contribution in [0.1, 0.15) is 12.5 Å². The lowest BCUT2D eigenvalue weighted by Gasteiger charge is -2.45. The van der Waals surface area contributed by atoms with Crippen molar-refractivity contribution in [3.05, 3.63) is 59.9 Å². The minimum absolute atomic E-state index is 0.192. The zero-order valence-corrected chi connectivity index (χ0v) is 14.4. The Hall–Kier alpha value is -1.85. The average Bonchev–Trinajstić information content (AvgIpc) is 2.63. The first-order valence-corrected chi connectivity index (χ1v) is 9.18. The fraction of sp³-hybridized carbons (Fsp3) is 0.316. The molecule has 0 aromatic heterocycles. The van der Waals surface area contributed by atoms with Crippen LogP contribution >= 0.6 is 11.9 Å². The van der Waals surface area contributed by atoms with Crippen molar-refractivity contribution in [1.82, 2.24) is 10.2 Å². The Kier molecular flexibility index (Phi) is 4.06. The summed E-state index contributed by atoms with van der Waals surface area (Å²) >= 11 is 1.59. The maximum atomic E-state index is 14.8. The third-order valence-corrected chi connectivity index (χ3v) is 5.51. The molecule has 1 saturated heterocycles. The van der Waals surface area contributed by atoms with Gasteiger partial charge in [0.1, 0.15) is 17.2 Å². The van der Waals surface area contributed by atoms with E-state index >= 15 is 0 Å². The molecular formula is C19H20FN3S. The first-order chi connectivity index (χ1) is 11.7. The van der Waals surface area contributed by atoms with Gasteiger partial charge in [0, 0.05) is 31.0 Å². The van der Waals surface area contributed by atoms with Crippen LogP contribution in [0, 0.1) is 5.82 Å². The second-order valence-electron chi connectivity index (χ2n) is 6.35. The molecule has 1 N–H and O–H groups in total. The molecular weight excluding hydrogens is 321 g/mol. The van der Waals surface area contributed by atoms with Crippen molar-refractivity contribution in [2.75, 3.05) is 25.4 Å². The zero-order chi connectivity index (χ0) is 16.6. The highest BCUT2D eigenvalue weighted by atomic mass is 32.2. The predicted molar refractivity (Wildman–Crippen MR) is 98.7 cm³/mol. The Bertz CT molecular complexity index is 777. The molecule has 0 spiro atoms. The molecule has 5 heteroatoms. The molecule has 1 fully saturated rings. The van der Waals surface area contributed by atoms with Crippen LogP contribution in [0.2, 0.25) is 0 Å². The van der Waals surface area contributed by atoms with Gasteiger partial charge >= 0.3 is 0 Å². The van der Waals surface area contributed by atoms with Gasteiger partial charge in [-0.05, 0) is 36.1 Å². The maximum Gasteiger partial charge on any atom is 0.137 e. The number of nitrogens with one attached hydrogen (secondary N) is 1. The number of fused-ring (bicyclic) bond motifs is 1. The molecule has 124 valence electrons. The molecule has 2 aliphatic heterocycles. The van der Waals surface area contributed by atoms with Gasteiger partial charge in [-0.2, -0.15) is 0 Å². The van der Waals surface area contributed by atoms with Gasteiger partial charge < -0.3 is 4.90 Å². The molecule has 0 amide bonds. The number of rotatable bonds is 2. The summed E-state index contributed by atoms with van der Waals surface area (Å²) in [6, 6.07) is 15.2. The lowest BCUT2D eigenvalue weighted by atomic mass is 9.87. The average molecular weight is 341 g/mol. The van der Waals surface area contributed by atoms with Gasteiger partial charge in [-0.3, -0.25) is 5.32 Å². The van der Waals surface area contributed by atoms with Crippen molar-refractivity contribution in [3.8, 4) is 11.1 Å². The smallest absolute Gasteiger partial charge is 0.137 e. The second-order valence-corrected chi connectivity index (χ2v) is 7.20. The molecule has 1 unspecified atom stereocenters. The van der Waals surface area contributed by atoms with Crippen LogP contribution in [0.5, 0.6) is 0 Å². The number of nitrogens with zero attached hydrogens (tertiary/aromatic N) is 2. The van der Waals surface area contributed by atoms with E-state index in [-0.39, 0.29) is 5.82 Å². The van der Waals surface area contributed by atoms with E-state index in [1.165, 1.54) is 0 Å². The minimum Gasteiger partial charge on any atom is -0.356 e. The van der Waals surface area contributed by atoms with Crippen LogP contribution in [-0.2, 0) is 5.54 Å². The molecule has 2 aromatic carbocycles. The molecule has 0 saturated carbocycles. The van der Waals surface area contributed by atoms with Crippen LogP contribution in [0.4, 0.5) is 4.39 Å². The molecule has 4 rings (SSSR count). The van der Waals surface area contributed by atoms with Crippen molar-refractivity contribution in [2.24, 2.45) is 4.40 Å². The number of hydrogen-bond donors (Lipinski definition) is 1. The quantitative estimate of drug-likeness (QED) is 0.845. The van der Waals surface area contributed by atoms with Gasteiger partial charge in [0.25, 0.3) is 0 Å². The van der Waals surface area contributed by atoms with Gasteiger partial charge in [0.05, 0.1) is 0 Å². The topological polar surface area (TPSA) is 27.6 Å². The fourth-order valence-corrected chi connectivity index (χ4v) is 4.29. The molecule has 24 heavy (non-hydrogen) atoms. The Morgan fingerprint density at radius 1 is 1.17 bits per heavy atom. The van der Waals surface area contributed by atoms with Gasteiger partial charge in [-0.25, -0.2) is 8.79 Å². The summed E-state index contributed by atoms with van der Waals surface area (Å²) in [5.74, 6) is 1.83. The summed E-state index contributed by atoms with van der Waals surface area (Å²) in [5.41, 5.74) is 2.01. The lowest BCUT2D eigenvalue weighted by molar-refractivity contribution is 0.309. The number of hydrogen-bond acceptors (Lipinski definition) is 4. The Morgan fingerprint density at radius 2 is 2.00 bits per heavy atom. The standard InChI is InChI=1S/C19H20FN3S/c1-19(18-22-24-12-11-23(18)10-9-21-19)15-7-8-16(17(20)13-15)14-5-3-2-4-6-14/h2-8,13,21H,9-12H2,1H3. The number of benzene rings is 2. The largest absolute Gasteiger partial charge is 0.356 e. The maximum absolute atomic E-state index is 14.8. The Labute approximate surface area is 146 Å². The van der Waals surface area contributed by atoms with Crippen molar-refractivity contribution in [2.45, 2.75) is 12.5 Å². The van der Waals surface area contributed by atoms with Gasteiger partial charge in [-0.15, -0.1) is 0 Å². The van der Waals surface area contributed by atoms with Crippen LogP contribution < -0.4 is 5.32 Å². The molecule has 2 aromatic rings. The van der Waals surface area contributed by atoms with E-state index in [1.54, 1.807) is 18.0 Å². The highest BCUT2D eigenvalue weighted by Crippen LogP contribution is 2.33. The van der Waals surface area contributed by atoms with Crippen molar-refractivity contribution >= 4 is 17.8 Å². The molecule has 2 aliphatic rings. The monoisotopic (exact) mass is 341 g/mol. The first kappa shape index (κ1) is 15.7. The second kappa shape index (κ2) is 6.22. The van der Waals surface area contributed by atoms with Gasteiger partial charge in [0.15, 0.2) is 0 Å². The SMILES string of the molecule is CC1(c2ccc(-c3ccccc3)c(F)c2)NCCN2CCSN=C21. The van der Waals surface area contributed by atoms with Gasteiger partial charge in [-0.1, -0.05) is 42.5 Å². The van der Waals surface area contributed by atoms with Crippen LogP contribution in [0.3, 0.4) is 0 Å². The normalized spacial score (nSPS) is 23.6. The third-order valence-electron chi connectivity index (χ3n) is 4.84. The molecule has 1 atom stereocenters. The molecule has 3 nitrogen and oxygen atoms in total. The van der Waals surface area contributed by atoms with E-state index in [2.05, 4.69) is 21.5 Å². The number of piperazine rings is 1. The van der Waals surface area contributed by atoms with Crippen LogP contribution in [0.25, 0.3) is 11.1 Å². The summed E-state index contributed by atoms with van der Waals surface area (Å²) in [7, 11) is 0. The Balaban J connectivity index is 1.74.